The van der Waals surface area contributed by atoms with Crippen molar-refractivity contribution in [3.05, 3.63) is 33.8 Å². The van der Waals surface area contributed by atoms with E-state index in [0.717, 1.165) is 0 Å². The fraction of sp³-hybridized carbons (Fsp3) is 0.429. The second-order valence-corrected chi connectivity index (χ2v) is 6.24. The molecule has 0 bridgehead atoms. The Morgan fingerprint density at radius 2 is 1.90 bits per heavy atom. The van der Waals surface area contributed by atoms with Crippen molar-refractivity contribution in [3.8, 4) is 0 Å². The zero-order valence-electron chi connectivity index (χ0n) is 11.6. The van der Waals surface area contributed by atoms with E-state index in [2.05, 4.69) is 0 Å². The molecule has 4 nitrogen and oxygen atoms in total. The summed E-state index contributed by atoms with van der Waals surface area (Å²) in [4.78, 5) is 23.8. The molecule has 0 radical (unpaired) electrons. The first-order valence-corrected chi connectivity index (χ1v) is 6.82. The molecule has 1 atom stereocenters. The quantitative estimate of drug-likeness (QED) is 0.683. The van der Waals surface area contributed by atoms with Gasteiger partial charge in [-0.15, -0.1) is 0 Å². The average Bonchev–Trinajstić information content (AvgIpc) is 2.29. The van der Waals surface area contributed by atoms with Crippen molar-refractivity contribution in [2.45, 2.75) is 38.8 Å². The van der Waals surface area contributed by atoms with E-state index >= 15 is 0 Å². The van der Waals surface area contributed by atoms with E-state index in [0.29, 0.717) is 5.02 Å². The van der Waals surface area contributed by atoms with Crippen LogP contribution in [0.4, 0.5) is 0 Å². The first kappa shape index (κ1) is 17.0. The van der Waals surface area contributed by atoms with Crippen LogP contribution in [0.1, 0.15) is 37.6 Å². The lowest BCUT2D eigenvalue weighted by Gasteiger charge is -2.22. The van der Waals surface area contributed by atoms with Crippen LogP contribution in [0.15, 0.2) is 18.2 Å². The molecule has 6 heteroatoms. The Morgan fingerprint density at radius 3 is 2.45 bits per heavy atom. The zero-order valence-corrected chi connectivity index (χ0v) is 13.1. The molecule has 110 valence electrons. The topological polar surface area (TPSA) is 69.4 Å². The van der Waals surface area contributed by atoms with Crippen LogP contribution in [-0.4, -0.2) is 23.4 Å². The number of hydrogen-bond acceptors (Lipinski definition) is 4. The third-order valence-corrected chi connectivity index (χ3v) is 2.91. The summed E-state index contributed by atoms with van der Waals surface area (Å²) in [6.45, 7) is 5.19. The highest BCUT2D eigenvalue weighted by Gasteiger charge is 2.25. The molecule has 0 aliphatic rings. The number of benzene rings is 1. The van der Waals surface area contributed by atoms with Gasteiger partial charge in [-0.1, -0.05) is 23.2 Å². The minimum absolute atomic E-state index is 0.186. The molecule has 0 aliphatic carbocycles. The maximum absolute atomic E-state index is 12.1. The van der Waals surface area contributed by atoms with E-state index in [4.69, 9.17) is 33.7 Å². The van der Waals surface area contributed by atoms with Crippen LogP contribution < -0.4 is 5.73 Å². The standard InChI is InChI=1S/C14H17Cl2NO3/c1-14(2,3)20-13(19)11(17)7-12(18)9-6-8(15)4-5-10(9)16/h4-6,11H,7,17H2,1-3H3. The fourth-order valence-electron chi connectivity index (χ4n) is 1.48. The van der Waals surface area contributed by atoms with Gasteiger partial charge in [-0.2, -0.15) is 0 Å². The van der Waals surface area contributed by atoms with E-state index in [1.165, 1.54) is 12.1 Å². The van der Waals surface area contributed by atoms with Crippen LogP contribution >= 0.6 is 23.2 Å². The molecule has 1 unspecified atom stereocenters. The van der Waals surface area contributed by atoms with Crippen molar-refractivity contribution in [1.82, 2.24) is 0 Å². The van der Waals surface area contributed by atoms with E-state index in [9.17, 15) is 9.59 Å². The van der Waals surface area contributed by atoms with Gasteiger partial charge in [-0.05, 0) is 39.0 Å². The van der Waals surface area contributed by atoms with Crippen molar-refractivity contribution < 1.29 is 14.3 Å². The average molecular weight is 318 g/mol. The van der Waals surface area contributed by atoms with Crippen LogP contribution in [0.3, 0.4) is 0 Å². The largest absolute Gasteiger partial charge is 0.459 e. The molecule has 1 aromatic carbocycles. The number of carbonyl (C=O) groups excluding carboxylic acids is 2. The van der Waals surface area contributed by atoms with Crippen LogP contribution in [-0.2, 0) is 9.53 Å². The van der Waals surface area contributed by atoms with Gasteiger partial charge in [-0.3, -0.25) is 9.59 Å². The maximum Gasteiger partial charge on any atom is 0.323 e. The lowest BCUT2D eigenvalue weighted by atomic mass is 10.0. The van der Waals surface area contributed by atoms with Gasteiger partial charge in [0.2, 0.25) is 0 Å². The zero-order chi connectivity index (χ0) is 15.5. The van der Waals surface area contributed by atoms with Crippen molar-refractivity contribution in [3.63, 3.8) is 0 Å². The summed E-state index contributed by atoms with van der Waals surface area (Å²) in [5, 5.41) is 0.666. The number of carbonyl (C=O) groups is 2. The van der Waals surface area contributed by atoms with Gasteiger partial charge in [0.25, 0.3) is 0 Å². The summed E-state index contributed by atoms with van der Waals surface area (Å²) in [5.74, 6) is -0.972. The predicted molar refractivity (Wildman–Crippen MR) is 79.2 cm³/mol. The number of esters is 1. The smallest absolute Gasteiger partial charge is 0.323 e. The van der Waals surface area contributed by atoms with Crippen LogP contribution in [0.2, 0.25) is 10.0 Å². The van der Waals surface area contributed by atoms with E-state index in [1.54, 1.807) is 26.8 Å². The minimum atomic E-state index is -1.03. The highest BCUT2D eigenvalue weighted by atomic mass is 35.5. The van der Waals surface area contributed by atoms with E-state index in [1.807, 2.05) is 0 Å². The van der Waals surface area contributed by atoms with Crippen molar-refractivity contribution in [2.24, 2.45) is 5.73 Å². The Hall–Kier alpha value is -1.10. The summed E-state index contributed by atoms with van der Waals surface area (Å²) < 4.78 is 5.12. The molecule has 0 amide bonds. The molecule has 0 heterocycles. The summed E-state index contributed by atoms with van der Waals surface area (Å²) in [6, 6.07) is 3.52. The Kier molecular flexibility index (Phi) is 5.57. The second-order valence-electron chi connectivity index (χ2n) is 5.39. The van der Waals surface area contributed by atoms with Crippen molar-refractivity contribution in [2.75, 3.05) is 0 Å². The minimum Gasteiger partial charge on any atom is -0.459 e. The van der Waals surface area contributed by atoms with E-state index < -0.39 is 17.6 Å². The van der Waals surface area contributed by atoms with Crippen LogP contribution in [0, 0.1) is 0 Å². The van der Waals surface area contributed by atoms with Gasteiger partial charge >= 0.3 is 5.97 Å². The lowest BCUT2D eigenvalue weighted by Crippen LogP contribution is -2.38. The number of ether oxygens (including phenoxy) is 1. The molecule has 1 aromatic rings. The van der Waals surface area contributed by atoms with Crippen LogP contribution in [0.25, 0.3) is 0 Å². The molecule has 0 fully saturated rings. The molecular weight excluding hydrogens is 301 g/mol. The third kappa shape index (κ3) is 5.12. The van der Waals surface area contributed by atoms with Gasteiger partial charge in [0.15, 0.2) is 5.78 Å². The summed E-state index contributed by atoms with van der Waals surface area (Å²) in [5.41, 5.74) is 5.28. The van der Waals surface area contributed by atoms with Gasteiger partial charge < -0.3 is 10.5 Å². The molecule has 20 heavy (non-hydrogen) atoms. The molecular formula is C14H17Cl2NO3. The fourth-order valence-corrected chi connectivity index (χ4v) is 1.88. The highest BCUT2D eigenvalue weighted by Crippen LogP contribution is 2.22. The molecule has 0 saturated heterocycles. The number of ketones is 1. The van der Waals surface area contributed by atoms with Gasteiger partial charge in [0.05, 0.1) is 5.02 Å². The molecule has 0 spiro atoms. The molecule has 0 aliphatic heterocycles. The molecule has 1 rings (SSSR count). The first-order valence-electron chi connectivity index (χ1n) is 6.07. The Bertz CT molecular complexity index is 524. The molecule has 0 aromatic heterocycles. The summed E-state index contributed by atoms with van der Waals surface area (Å²) in [7, 11) is 0. The SMILES string of the molecule is CC(C)(C)OC(=O)C(N)CC(=O)c1cc(Cl)ccc1Cl. The maximum atomic E-state index is 12.1. The van der Waals surface area contributed by atoms with E-state index in [-0.39, 0.29) is 22.8 Å². The first-order chi connectivity index (χ1) is 9.10. The lowest BCUT2D eigenvalue weighted by molar-refractivity contribution is -0.156. The third-order valence-electron chi connectivity index (χ3n) is 2.34. The van der Waals surface area contributed by atoms with Crippen molar-refractivity contribution >= 4 is 35.0 Å². The number of nitrogens with two attached hydrogens (primary N) is 1. The number of Topliss-reactive ketones (excluding diaryl/α,β-unsaturated/α-hetero) is 1. The Labute approximate surface area is 128 Å². The van der Waals surface area contributed by atoms with Crippen LogP contribution in [0.5, 0.6) is 0 Å². The van der Waals surface area contributed by atoms with Crippen molar-refractivity contribution in [1.29, 1.82) is 0 Å². The number of hydrogen-bond donors (Lipinski definition) is 1. The Balaban J connectivity index is 2.75. The number of rotatable bonds is 4. The highest BCUT2D eigenvalue weighted by molar-refractivity contribution is 6.35. The van der Waals surface area contributed by atoms with Gasteiger partial charge in [-0.25, -0.2) is 0 Å². The Morgan fingerprint density at radius 1 is 1.30 bits per heavy atom. The summed E-state index contributed by atoms with van der Waals surface area (Å²) in [6.07, 6.45) is -0.186. The second kappa shape index (κ2) is 6.57. The number of halogens is 2. The van der Waals surface area contributed by atoms with Gasteiger partial charge in [0, 0.05) is 17.0 Å². The monoisotopic (exact) mass is 317 g/mol. The van der Waals surface area contributed by atoms with Gasteiger partial charge in [0.1, 0.15) is 11.6 Å². The molecule has 0 saturated carbocycles. The summed E-state index contributed by atoms with van der Waals surface area (Å²) >= 11 is 11.7. The predicted octanol–water partition coefficient (Wildman–Crippen LogP) is 3.24. The normalized spacial score (nSPS) is 12.9. The molecule has 2 N–H and O–H groups in total.